The number of hydrogen-bond donors (Lipinski definition) is 1. The summed E-state index contributed by atoms with van der Waals surface area (Å²) >= 11 is 1.39. The van der Waals surface area contributed by atoms with E-state index in [0.717, 1.165) is 41.3 Å². The van der Waals surface area contributed by atoms with Crippen molar-refractivity contribution in [2.75, 3.05) is 18.0 Å². The molecule has 1 atom stereocenters. The first-order valence-electron chi connectivity index (χ1n) is 13.3. The first kappa shape index (κ1) is 28.6. The summed E-state index contributed by atoms with van der Waals surface area (Å²) < 4.78 is 1.62. The number of anilines is 1. The van der Waals surface area contributed by atoms with Crippen LogP contribution in [-0.2, 0) is 13.2 Å². The van der Waals surface area contributed by atoms with Gasteiger partial charge in [-0.3, -0.25) is 4.57 Å². The molecule has 2 aromatic heterocycles. The number of rotatable bonds is 11. The zero-order valence-corrected chi connectivity index (χ0v) is 24.0. The van der Waals surface area contributed by atoms with Crippen LogP contribution in [0.25, 0.3) is 11.3 Å². The van der Waals surface area contributed by atoms with E-state index in [0.29, 0.717) is 23.2 Å². The lowest BCUT2D eigenvalue weighted by Crippen LogP contribution is -2.21. The van der Waals surface area contributed by atoms with Crippen LogP contribution in [0.3, 0.4) is 0 Å². The van der Waals surface area contributed by atoms with Gasteiger partial charge < -0.3 is 10.0 Å². The Balaban J connectivity index is 1.78. The van der Waals surface area contributed by atoms with E-state index in [2.05, 4.69) is 66.0 Å². The molecule has 0 saturated heterocycles. The molecule has 204 valence electrons. The van der Waals surface area contributed by atoms with E-state index >= 15 is 0 Å². The second-order valence-electron chi connectivity index (χ2n) is 9.31. The topological polar surface area (TPSA) is 126 Å². The van der Waals surface area contributed by atoms with Crippen LogP contribution < -0.4 is 4.90 Å². The van der Waals surface area contributed by atoms with Gasteiger partial charge in [-0.05, 0) is 42.9 Å². The molecular weight excluding hydrogens is 520 g/mol. The van der Waals surface area contributed by atoms with Gasteiger partial charge in [-0.25, -0.2) is 4.98 Å². The summed E-state index contributed by atoms with van der Waals surface area (Å²) in [5.74, 6) is 0.621. The molecule has 0 aliphatic heterocycles. The molecule has 40 heavy (non-hydrogen) atoms. The largest absolute Gasteiger partial charge is 0.392 e. The van der Waals surface area contributed by atoms with Gasteiger partial charge in [0.1, 0.15) is 17.8 Å². The van der Waals surface area contributed by atoms with Gasteiger partial charge in [-0.1, -0.05) is 73.7 Å². The molecule has 4 rings (SSSR count). The number of aliphatic hydroxyl groups excluding tert-OH is 1. The number of aromatic nitrogens is 3. The van der Waals surface area contributed by atoms with Crippen LogP contribution in [0.2, 0.25) is 0 Å². The molecule has 0 amide bonds. The molecule has 0 radical (unpaired) electrons. The van der Waals surface area contributed by atoms with Crippen molar-refractivity contribution in [3.8, 4) is 23.4 Å². The number of aliphatic hydroxyl groups is 1. The minimum absolute atomic E-state index is 0.00617. The highest BCUT2D eigenvalue weighted by molar-refractivity contribution is 7.19. The normalized spacial score (nSPS) is 11.9. The summed E-state index contributed by atoms with van der Waals surface area (Å²) in [5, 5.41) is 39.8. The number of azo groups is 1. The van der Waals surface area contributed by atoms with Crippen molar-refractivity contribution >= 4 is 27.4 Å². The van der Waals surface area contributed by atoms with Crippen LogP contribution in [0, 0.1) is 22.7 Å². The molecule has 0 fully saturated rings. The molecule has 2 heterocycles. The Hall–Kier alpha value is -4.38. The predicted octanol–water partition coefficient (Wildman–Crippen LogP) is 7.07. The Kier molecular flexibility index (Phi) is 9.39. The van der Waals surface area contributed by atoms with E-state index in [-0.39, 0.29) is 23.9 Å². The fraction of sp³-hybridized carbons (Fsp3) is 0.333. The van der Waals surface area contributed by atoms with Crippen molar-refractivity contribution in [2.45, 2.75) is 53.2 Å². The van der Waals surface area contributed by atoms with E-state index in [1.54, 1.807) is 4.57 Å². The number of hydrogen-bond acceptors (Lipinski definition) is 9. The first-order chi connectivity index (χ1) is 19.5. The lowest BCUT2D eigenvalue weighted by atomic mass is 9.98. The van der Waals surface area contributed by atoms with Gasteiger partial charge in [-0.2, -0.15) is 15.5 Å². The Morgan fingerprint density at radius 3 is 2.35 bits per heavy atom. The van der Waals surface area contributed by atoms with Crippen LogP contribution in [-0.4, -0.2) is 32.7 Å². The Morgan fingerprint density at radius 2 is 1.73 bits per heavy atom. The lowest BCUT2D eigenvalue weighted by molar-refractivity contribution is 0.282. The SMILES string of the molecule is CCC(C)c1ccc(Cn2c(N=Nc3sc(N(CC)CC)nc3-c3ccccc3CO)nc(C#N)c2C#N)cc1. The quantitative estimate of drug-likeness (QED) is 0.198. The minimum Gasteiger partial charge on any atom is -0.392 e. The molecule has 0 saturated carbocycles. The number of benzene rings is 2. The molecule has 0 aliphatic rings. The maximum Gasteiger partial charge on any atom is 0.252 e. The zero-order chi connectivity index (χ0) is 28.6. The van der Waals surface area contributed by atoms with E-state index in [1.165, 1.54) is 16.9 Å². The summed E-state index contributed by atoms with van der Waals surface area (Å²) in [6.07, 6.45) is 1.05. The van der Waals surface area contributed by atoms with Crippen LogP contribution in [0.5, 0.6) is 0 Å². The third kappa shape index (κ3) is 5.94. The minimum atomic E-state index is -0.137. The van der Waals surface area contributed by atoms with Crippen molar-refractivity contribution in [2.24, 2.45) is 10.2 Å². The van der Waals surface area contributed by atoms with E-state index < -0.39 is 0 Å². The van der Waals surface area contributed by atoms with Crippen molar-refractivity contribution in [3.05, 3.63) is 76.6 Å². The summed E-state index contributed by atoms with van der Waals surface area (Å²) in [4.78, 5) is 11.3. The maximum atomic E-state index is 9.95. The second kappa shape index (κ2) is 13.1. The van der Waals surface area contributed by atoms with E-state index in [9.17, 15) is 15.6 Å². The summed E-state index contributed by atoms with van der Waals surface area (Å²) in [6.45, 7) is 10.2. The maximum absolute atomic E-state index is 9.95. The summed E-state index contributed by atoms with van der Waals surface area (Å²) in [7, 11) is 0. The molecule has 10 heteroatoms. The fourth-order valence-electron chi connectivity index (χ4n) is 4.38. The fourth-order valence-corrected chi connectivity index (χ4v) is 5.41. The van der Waals surface area contributed by atoms with Crippen LogP contribution in [0.15, 0.2) is 58.8 Å². The van der Waals surface area contributed by atoms with Crippen molar-refractivity contribution < 1.29 is 5.11 Å². The molecule has 0 aliphatic carbocycles. The Morgan fingerprint density at radius 1 is 1.00 bits per heavy atom. The van der Waals surface area contributed by atoms with Gasteiger partial charge >= 0.3 is 0 Å². The monoisotopic (exact) mass is 552 g/mol. The molecule has 1 unspecified atom stereocenters. The Labute approximate surface area is 238 Å². The van der Waals surface area contributed by atoms with Gasteiger partial charge in [0.25, 0.3) is 5.95 Å². The van der Waals surface area contributed by atoms with Crippen molar-refractivity contribution in [3.63, 3.8) is 0 Å². The predicted molar refractivity (Wildman–Crippen MR) is 157 cm³/mol. The third-order valence-electron chi connectivity index (χ3n) is 6.97. The van der Waals surface area contributed by atoms with Gasteiger partial charge in [0, 0.05) is 18.7 Å². The van der Waals surface area contributed by atoms with Gasteiger partial charge in [0.2, 0.25) is 0 Å². The smallest absolute Gasteiger partial charge is 0.252 e. The van der Waals surface area contributed by atoms with Crippen LogP contribution >= 0.6 is 11.3 Å². The van der Waals surface area contributed by atoms with Gasteiger partial charge in [-0.15, -0.1) is 10.2 Å². The molecular formula is C30H32N8OS. The van der Waals surface area contributed by atoms with Crippen molar-refractivity contribution in [1.82, 2.24) is 14.5 Å². The molecule has 2 aromatic carbocycles. The number of nitrogens with zero attached hydrogens (tertiary/aromatic N) is 8. The van der Waals surface area contributed by atoms with E-state index in [4.69, 9.17) is 4.98 Å². The standard InChI is InChI=1S/C30H32N8OS/c1-5-20(4)22-14-12-21(13-15-22)18-38-26(17-32)25(16-31)33-29(38)36-35-28-27(24-11-9-8-10-23(24)19-39)34-30(40-28)37(6-2)7-3/h8-15,20,39H,5-7,18-19H2,1-4H3. The molecule has 9 nitrogen and oxygen atoms in total. The average molecular weight is 553 g/mol. The van der Waals surface area contributed by atoms with E-state index in [1.807, 2.05) is 42.5 Å². The average Bonchev–Trinajstić information content (AvgIpc) is 3.57. The molecule has 0 spiro atoms. The van der Waals surface area contributed by atoms with Gasteiger partial charge in [0.15, 0.2) is 21.5 Å². The summed E-state index contributed by atoms with van der Waals surface area (Å²) in [5.41, 5.74) is 4.47. The molecule has 1 N–H and O–H groups in total. The highest BCUT2D eigenvalue weighted by atomic mass is 32.1. The number of imidazole rings is 1. The number of nitriles is 2. The van der Waals surface area contributed by atoms with Crippen LogP contribution in [0.4, 0.5) is 16.1 Å². The lowest BCUT2D eigenvalue weighted by Gasteiger charge is -2.16. The third-order valence-corrected chi connectivity index (χ3v) is 7.97. The first-order valence-corrected chi connectivity index (χ1v) is 14.2. The second-order valence-corrected chi connectivity index (χ2v) is 10.3. The number of thiazole rings is 1. The highest BCUT2D eigenvalue weighted by Crippen LogP contribution is 2.41. The molecule has 0 bridgehead atoms. The van der Waals surface area contributed by atoms with Crippen molar-refractivity contribution in [1.29, 1.82) is 10.5 Å². The Bertz CT molecular complexity index is 1570. The molecule has 4 aromatic rings. The zero-order valence-electron chi connectivity index (χ0n) is 23.2. The highest BCUT2D eigenvalue weighted by Gasteiger charge is 2.21. The van der Waals surface area contributed by atoms with Gasteiger partial charge in [0.05, 0.1) is 13.2 Å². The summed E-state index contributed by atoms with van der Waals surface area (Å²) in [6, 6.07) is 19.9. The van der Waals surface area contributed by atoms with Crippen LogP contribution in [0.1, 0.15) is 68.1 Å².